The van der Waals surface area contributed by atoms with E-state index < -0.39 is 4.92 Å². The minimum absolute atomic E-state index is 0.0747. The number of aromatic nitrogens is 2. The molecule has 3 aromatic heterocycles. The Morgan fingerprint density at radius 3 is 2.75 bits per heavy atom. The molecule has 0 bridgehead atoms. The minimum Gasteiger partial charge on any atom is -0.277 e. The highest BCUT2D eigenvalue weighted by atomic mass is 79.9. The molecule has 4 rings (SSSR count). The number of thiophene rings is 1. The van der Waals surface area contributed by atoms with Crippen molar-refractivity contribution < 1.29 is 9.72 Å². The molecule has 1 aromatic carbocycles. The molecular formula is C18H11BrN4O3S2. The summed E-state index contributed by atoms with van der Waals surface area (Å²) in [5.74, 6) is -0.345. The molecule has 0 radical (unpaired) electrons. The molecule has 0 N–H and O–H groups in total. The van der Waals surface area contributed by atoms with Crippen LogP contribution in [0.4, 0.5) is 10.1 Å². The Morgan fingerprint density at radius 2 is 2.04 bits per heavy atom. The maximum Gasteiger partial charge on any atom is 0.324 e. The van der Waals surface area contributed by atoms with Crippen molar-refractivity contribution in [3.05, 3.63) is 79.9 Å². The summed E-state index contributed by atoms with van der Waals surface area (Å²) in [4.78, 5) is 34.3. The Hall–Kier alpha value is -2.69. The second-order valence-corrected chi connectivity index (χ2v) is 8.70. The van der Waals surface area contributed by atoms with Gasteiger partial charge in [-0.3, -0.25) is 24.8 Å². The Morgan fingerprint density at radius 1 is 1.18 bits per heavy atom. The zero-order valence-electron chi connectivity index (χ0n) is 14.1. The van der Waals surface area contributed by atoms with Crippen LogP contribution in [0.3, 0.4) is 0 Å². The molecule has 0 spiro atoms. The van der Waals surface area contributed by atoms with Gasteiger partial charge in [0, 0.05) is 16.7 Å². The SMILES string of the molecule is O=C(c1ccc([N+](=O)[O-])s1)N(Cc1ccccn1)c1nc2ccc(Br)cc2s1. The standard InChI is InChI=1S/C18H11BrN4O3S2/c19-11-4-5-13-15(9-11)28-18(21-13)22(10-12-3-1-2-8-20-12)17(24)14-6-7-16(27-14)23(25)26/h1-9H,10H2. The largest absolute Gasteiger partial charge is 0.324 e. The lowest BCUT2D eigenvalue weighted by atomic mass is 10.3. The van der Waals surface area contributed by atoms with Gasteiger partial charge in [-0.05, 0) is 36.4 Å². The number of anilines is 1. The maximum atomic E-state index is 13.2. The molecule has 0 unspecified atom stereocenters. The van der Waals surface area contributed by atoms with Crippen LogP contribution in [0.5, 0.6) is 0 Å². The predicted octanol–water partition coefficient (Wildman–Crippen LogP) is 5.27. The Bertz CT molecular complexity index is 1180. The van der Waals surface area contributed by atoms with Gasteiger partial charge in [0.2, 0.25) is 0 Å². The normalized spacial score (nSPS) is 10.9. The molecule has 4 aromatic rings. The zero-order chi connectivity index (χ0) is 19.7. The molecule has 0 aliphatic rings. The summed E-state index contributed by atoms with van der Waals surface area (Å²) in [6.07, 6.45) is 1.66. The van der Waals surface area contributed by atoms with Crippen molar-refractivity contribution in [2.45, 2.75) is 6.54 Å². The first-order chi connectivity index (χ1) is 13.5. The molecule has 0 atom stereocenters. The average Bonchev–Trinajstić information content (AvgIpc) is 3.33. The topological polar surface area (TPSA) is 89.2 Å². The monoisotopic (exact) mass is 474 g/mol. The van der Waals surface area contributed by atoms with Gasteiger partial charge in [-0.2, -0.15) is 0 Å². The van der Waals surface area contributed by atoms with Crippen LogP contribution in [0.1, 0.15) is 15.4 Å². The quantitative estimate of drug-likeness (QED) is 0.290. The summed E-state index contributed by atoms with van der Waals surface area (Å²) < 4.78 is 1.85. The van der Waals surface area contributed by atoms with Crippen molar-refractivity contribution in [3.8, 4) is 0 Å². The summed E-state index contributed by atoms with van der Waals surface area (Å²) in [6.45, 7) is 0.215. The number of hydrogen-bond donors (Lipinski definition) is 0. The van der Waals surface area contributed by atoms with Gasteiger partial charge in [-0.25, -0.2) is 4.98 Å². The van der Waals surface area contributed by atoms with Gasteiger partial charge in [0.05, 0.1) is 32.3 Å². The van der Waals surface area contributed by atoms with Crippen LogP contribution in [0.15, 0.2) is 59.2 Å². The molecule has 140 valence electrons. The summed E-state index contributed by atoms with van der Waals surface area (Å²) in [7, 11) is 0. The number of benzene rings is 1. The number of hydrogen-bond acceptors (Lipinski definition) is 7. The van der Waals surface area contributed by atoms with Gasteiger partial charge in [-0.1, -0.05) is 44.7 Å². The third-order valence-corrected chi connectivity index (χ3v) is 6.40. The molecule has 0 aliphatic heterocycles. The molecule has 0 saturated heterocycles. The van der Waals surface area contributed by atoms with Crippen LogP contribution in [0, 0.1) is 10.1 Å². The summed E-state index contributed by atoms with van der Waals surface area (Å²) in [6, 6.07) is 14.0. The zero-order valence-corrected chi connectivity index (χ0v) is 17.3. The van der Waals surface area contributed by atoms with Crippen LogP contribution in [0.25, 0.3) is 10.2 Å². The lowest BCUT2D eigenvalue weighted by molar-refractivity contribution is -0.380. The highest BCUT2D eigenvalue weighted by molar-refractivity contribution is 9.10. The fraction of sp³-hybridized carbons (Fsp3) is 0.0556. The van der Waals surface area contributed by atoms with Crippen LogP contribution in [-0.2, 0) is 6.54 Å². The fourth-order valence-electron chi connectivity index (χ4n) is 2.56. The first-order valence-electron chi connectivity index (χ1n) is 8.03. The van der Waals surface area contributed by atoms with Crippen LogP contribution in [0.2, 0.25) is 0 Å². The van der Waals surface area contributed by atoms with Crippen molar-refractivity contribution in [3.63, 3.8) is 0 Å². The third kappa shape index (κ3) is 3.79. The molecule has 28 heavy (non-hydrogen) atoms. The Balaban J connectivity index is 1.75. The molecule has 3 heterocycles. The van der Waals surface area contributed by atoms with Crippen molar-refractivity contribution >= 4 is 64.9 Å². The van der Waals surface area contributed by atoms with Gasteiger partial charge in [0.25, 0.3) is 5.91 Å². The molecule has 1 amide bonds. The summed E-state index contributed by atoms with van der Waals surface area (Å²) in [5, 5.41) is 11.4. The number of nitrogens with zero attached hydrogens (tertiary/aromatic N) is 4. The van der Waals surface area contributed by atoms with E-state index in [0.29, 0.717) is 10.8 Å². The molecule has 0 saturated carbocycles. The van der Waals surface area contributed by atoms with Gasteiger partial charge >= 0.3 is 5.00 Å². The number of carbonyl (C=O) groups is 1. The van der Waals surface area contributed by atoms with E-state index in [-0.39, 0.29) is 22.3 Å². The third-order valence-electron chi connectivity index (χ3n) is 3.84. The lowest BCUT2D eigenvalue weighted by Gasteiger charge is -2.18. The smallest absolute Gasteiger partial charge is 0.277 e. The van der Waals surface area contributed by atoms with E-state index in [0.717, 1.165) is 26.0 Å². The minimum atomic E-state index is -0.500. The predicted molar refractivity (Wildman–Crippen MR) is 113 cm³/mol. The maximum absolute atomic E-state index is 13.2. The number of amides is 1. The van der Waals surface area contributed by atoms with Crippen molar-refractivity contribution in [1.82, 2.24) is 9.97 Å². The Kier molecular flexibility index (Phi) is 5.16. The molecular weight excluding hydrogens is 464 g/mol. The van der Waals surface area contributed by atoms with E-state index >= 15 is 0 Å². The molecule has 7 nitrogen and oxygen atoms in total. The van der Waals surface area contributed by atoms with Gasteiger partial charge in [-0.15, -0.1) is 0 Å². The molecule has 0 fully saturated rings. The summed E-state index contributed by atoms with van der Waals surface area (Å²) >= 11 is 5.67. The van der Waals surface area contributed by atoms with E-state index in [1.54, 1.807) is 12.3 Å². The summed E-state index contributed by atoms with van der Waals surface area (Å²) in [5.41, 5.74) is 1.47. The number of thiazole rings is 1. The molecule has 10 heteroatoms. The van der Waals surface area contributed by atoms with Gasteiger partial charge in [0.1, 0.15) is 0 Å². The van der Waals surface area contributed by atoms with Crippen LogP contribution >= 0.6 is 38.6 Å². The number of pyridine rings is 1. The highest BCUT2D eigenvalue weighted by Gasteiger charge is 2.25. The number of nitro groups is 1. The van der Waals surface area contributed by atoms with Crippen molar-refractivity contribution in [2.24, 2.45) is 0 Å². The van der Waals surface area contributed by atoms with Crippen LogP contribution in [-0.4, -0.2) is 20.8 Å². The highest BCUT2D eigenvalue weighted by Crippen LogP contribution is 2.34. The second-order valence-electron chi connectivity index (χ2n) is 5.72. The van der Waals surface area contributed by atoms with E-state index in [1.807, 2.05) is 30.3 Å². The van der Waals surface area contributed by atoms with E-state index in [4.69, 9.17) is 0 Å². The first-order valence-corrected chi connectivity index (χ1v) is 10.5. The van der Waals surface area contributed by atoms with Crippen molar-refractivity contribution in [1.29, 1.82) is 0 Å². The van der Waals surface area contributed by atoms with Crippen LogP contribution < -0.4 is 4.90 Å². The lowest BCUT2D eigenvalue weighted by Crippen LogP contribution is -2.30. The van der Waals surface area contributed by atoms with E-state index in [2.05, 4.69) is 25.9 Å². The van der Waals surface area contributed by atoms with E-state index in [1.165, 1.54) is 28.4 Å². The first kappa shape index (κ1) is 18.7. The molecule has 0 aliphatic carbocycles. The number of carbonyl (C=O) groups excluding carboxylic acids is 1. The average molecular weight is 475 g/mol. The fourth-order valence-corrected chi connectivity index (χ4v) is 4.84. The number of rotatable bonds is 5. The van der Waals surface area contributed by atoms with Gasteiger partial charge in [0.15, 0.2) is 5.13 Å². The van der Waals surface area contributed by atoms with Gasteiger partial charge < -0.3 is 0 Å². The Labute approximate surface area is 175 Å². The van der Waals surface area contributed by atoms with E-state index in [9.17, 15) is 14.9 Å². The number of fused-ring (bicyclic) bond motifs is 1. The second kappa shape index (κ2) is 7.74. The number of halogens is 1. The van der Waals surface area contributed by atoms with Crippen molar-refractivity contribution in [2.75, 3.05) is 4.90 Å².